The van der Waals surface area contributed by atoms with Gasteiger partial charge in [0.05, 0.1) is 0 Å². The van der Waals surface area contributed by atoms with Crippen molar-refractivity contribution in [1.29, 1.82) is 0 Å². The van der Waals surface area contributed by atoms with Crippen LogP contribution >= 0.6 is 24.2 Å². The van der Waals surface area contributed by atoms with Crippen LogP contribution in [0.2, 0.25) is 0 Å². The van der Waals surface area contributed by atoms with Crippen LogP contribution in [0.3, 0.4) is 0 Å². The lowest BCUT2D eigenvalue weighted by Crippen LogP contribution is -2.41. The number of hydrogen-bond acceptors (Lipinski definition) is 3. The first kappa shape index (κ1) is 19.3. The fraction of sp³-hybridized carbons (Fsp3) is 0.588. The van der Waals surface area contributed by atoms with Gasteiger partial charge in [-0.05, 0) is 24.8 Å². The lowest BCUT2D eigenvalue weighted by Gasteiger charge is -2.25. The van der Waals surface area contributed by atoms with Gasteiger partial charge in [0.15, 0.2) is 0 Å². The lowest BCUT2D eigenvalue weighted by atomic mass is 10.1. The number of carbonyl (C=O) groups excluding carboxylic acids is 1. The van der Waals surface area contributed by atoms with Crippen LogP contribution in [0.4, 0.5) is 0 Å². The first-order chi connectivity index (χ1) is 10.3. The Morgan fingerprint density at radius 2 is 2.09 bits per heavy atom. The van der Waals surface area contributed by atoms with Crippen LogP contribution in [-0.2, 0) is 11.2 Å². The lowest BCUT2D eigenvalue weighted by molar-refractivity contribution is -0.130. The molecule has 1 unspecified atom stereocenters. The highest BCUT2D eigenvalue weighted by Gasteiger charge is 2.18. The fourth-order valence-electron chi connectivity index (χ4n) is 2.56. The van der Waals surface area contributed by atoms with Gasteiger partial charge in [-0.2, -0.15) is 11.8 Å². The molecule has 1 N–H and O–H groups in total. The number of benzene rings is 1. The van der Waals surface area contributed by atoms with Gasteiger partial charge >= 0.3 is 0 Å². The number of aryl methyl sites for hydroxylation is 1. The number of unbranched alkanes of at least 4 members (excludes halogenated alkanes) is 1. The van der Waals surface area contributed by atoms with Crippen LogP contribution < -0.4 is 5.32 Å². The maximum absolute atomic E-state index is 12.2. The molecule has 2 rings (SSSR count). The Labute approximate surface area is 144 Å². The quantitative estimate of drug-likeness (QED) is 0.773. The monoisotopic (exact) mass is 342 g/mol. The predicted molar refractivity (Wildman–Crippen MR) is 98.0 cm³/mol. The van der Waals surface area contributed by atoms with E-state index < -0.39 is 0 Å². The van der Waals surface area contributed by atoms with Crippen molar-refractivity contribution < 1.29 is 4.79 Å². The van der Waals surface area contributed by atoms with E-state index in [0.29, 0.717) is 12.5 Å². The first-order valence-electron chi connectivity index (χ1n) is 7.85. The molecular formula is C17H27ClN2OS. The number of rotatable bonds is 7. The molecule has 1 aliphatic heterocycles. The van der Waals surface area contributed by atoms with Gasteiger partial charge in [0.2, 0.25) is 5.91 Å². The summed E-state index contributed by atoms with van der Waals surface area (Å²) in [5, 5.41) is 3.43. The summed E-state index contributed by atoms with van der Waals surface area (Å²) >= 11 is 1.94. The van der Waals surface area contributed by atoms with E-state index in [0.717, 1.165) is 38.1 Å². The van der Waals surface area contributed by atoms with E-state index in [1.807, 2.05) is 29.8 Å². The minimum absolute atomic E-state index is 0. The Kier molecular flexibility index (Phi) is 9.60. The van der Waals surface area contributed by atoms with Crippen LogP contribution in [-0.4, -0.2) is 48.5 Å². The third-order valence-electron chi connectivity index (χ3n) is 3.90. The van der Waals surface area contributed by atoms with Crippen molar-refractivity contribution in [3.05, 3.63) is 35.9 Å². The van der Waals surface area contributed by atoms with Crippen molar-refractivity contribution in [2.45, 2.75) is 31.7 Å². The second-order valence-corrected chi connectivity index (χ2v) is 6.84. The molecule has 0 aliphatic carbocycles. The van der Waals surface area contributed by atoms with E-state index in [1.165, 1.54) is 11.3 Å². The average Bonchev–Trinajstić information content (AvgIpc) is 2.53. The number of carbonyl (C=O) groups is 1. The molecule has 1 aromatic rings. The zero-order chi connectivity index (χ0) is 14.9. The van der Waals surface area contributed by atoms with Crippen LogP contribution in [0, 0.1) is 0 Å². The van der Waals surface area contributed by atoms with Crippen molar-refractivity contribution in [1.82, 2.24) is 10.2 Å². The smallest absolute Gasteiger partial charge is 0.223 e. The van der Waals surface area contributed by atoms with E-state index in [1.54, 1.807) is 0 Å². The van der Waals surface area contributed by atoms with Gasteiger partial charge in [0.1, 0.15) is 0 Å². The maximum atomic E-state index is 12.2. The molecule has 0 radical (unpaired) electrons. The highest BCUT2D eigenvalue weighted by Crippen LogP contribution is 2.11. The summed E-state index contributed by atoms with van der Waals surface area (Å²) in [6, 6.07) is 10.9. The molecule has 124 valence electrons. The van der Waals surface area contributed by atoms with Gasteiger partial charge in [-0.25, -0.2) is 0 Å². The highest BCUT2D eigenvalue weighted by atomic mass is 35.5. The second-order valence-electron chi connectivity index (χ2n) is 5.69. The summed E-state index contributed by atoms with van der Waals surface area (Å²) in [4.78, 5) is 14.0. The molecule has 3 nitrogen and oxygen atoms in total. The van der Waals surface area contributed by atoms with E-state index in [2.05, 4.69) is 29.6 Å². The average molecular weight is 343 g/mol. The summed E-state index contributed by atoms with van der Waals surface area (Å²) in [7, 11) is 1.93. The van der Waals surface area contributed by atoms with Gasteiger partial charge in [-0.1, -0.05) is 30.3 Å². The van der Waals surface area contributed by atoms with Crippen LogP contribution in [0.25, 0.3) is 0 Å². The molecule has 1 atom stereocenters. The van der Waals surface area contributed by atoms with Crippen molar-refractivity contribution in [2.24, 2.45) is 0 Å². The van der Waals surface area contributed by atoms with Crippen molar-refractivity contribution in [2.75, 3.05) is 31.6 Å². The summed E-state index contributed by atoms with van der Waals surface area (Å²) in [5.74, 6) is 2.50. The van der Waals surface area contributed by atoms with Crippen molar-refractivity contribution >= 4 is 30.1 Å². The molecule has 0 aromatic heterocycles. The zero-order valence-electron chi connectivity index (χ0n) is 13.3. The number of hydrogen-bond donors (Lipinski definition) is 1. The van der Waals surface area contributed by atoms with Crippen LogP contribution in [0.1, 0.15) is 24.8 Å². The number of nitrogens with zero attached hydrogens (tertiary/aromatic N) is 1. The molecule has 22 heavy (non-hydrogen) atoms. The SMILES string of the molecule is CN(CCCCc1ccccc1)C(=O)CC1CSCCN1.Cl. The number of amides is 1. The molecule has 0 spiro atoms. The van der Waals surface area contributed by atoms with Gasteiger partial charge in [0, 0.05) is 44.1 Å². The molecule has 0 saturated carbocycles. The van der Waals surface area contributed by atoms with E-state index >= 15 is 0 Å². The molecule has 1 heterocycles. The van der Waals surface area contributed by atoms with E-state index in [9.17, 15) is 4.79 Å². The van der Waals surface area contributed by atoms with E-state index in [-0.39, 0.29) is 18.3 Å². The molecule has 1 amide bonds. The van der Waals surface area contributed by atoms with Crippen LogP contribution in [0.15, 0.2) is 30.3 Å². The summed E-state index contributed by atoms with van der Waals surface area (Å²) in [5.41, 5.74) is 1.38. The fourth-order valence-corrected chi connectivity index (χ4v) is 3.51. The van der Waals surface area contributed by atoms with Gasteiger partial charge < -0.3 is 10.2 Å². The first-order valence-corrected chi connectivity index (χ1v) is 9.00. The van der Waals surface area contributed by atoms with Crippen molar-refractivity contribution in [3.63, 3.8) is 0 Å². The zero-order valence-corrected chi connectivity index (χ0v) is 14.9. The minimum Gasteiger partial charge on any atom is -0.346 e. The minimum atomic E-state index is 0. The molecule has 1 aromatic carbocycles. The van der Waals surface area contributed by atoms with Crippen molar-refractivity contribution in [3.8, 4) is 0 Å². The summed E-state index contributed by atoms with van der Waals surface area (Å²) in [6.07, 6.45) is 3.95. The Balaban J connectivity index is 0.00000242. The van der Waals surface area contributed by atoms with Gasteiger partial charge in [-0.15, -0.1) is 12.4 Å². The Morgan fingerprint density at radius 1 is 1.32 bits per heavy atom. The van der Waals surface area contributed by atoms with Crippen LogP contribution in [0.5, 0.6) is 0 Å². The second kappa shape index (κ2) is 10.9. The molecule has 1 saturated heterocycles. The van der Waals surface area contributed by atoms with E-state index in [4.69, 9.17) is 0 Å². The Hall–Kier alpha value is -0.710. The topological polar surface area (TPSA) is 32.3 Å². The third-order valence-corrected chi connectivity index (χ3v) is 5.03. The molecule has 0 bridgehead atoms. The number of halogens is 1. The third kappa shape index (κ3) is 7.03. The molecule has 1 aliphatic rings. The van der Waals surface area contributed by atoms with Gasteiger partial charge in [-0.3, -0.25) is 4.79 Å². The van der Waals surface area contributed by atoms with Gasteiger partial charge in [0.25, 0.3) is 0 Å². The molecule has 1 fully saturated rings. The Bertz CT molecular complexity index is 424. The normalized spacial score (nSPS) is 17.6. The molecular weight excluding hydrogens is 316 g/mol. The summed E-state index contributed by atoms with van der Waals surface area (Å²) in [6.45, 7) is 1.90. The maximum Gasteiger partial charge on any atom is 0.223 e. The number of nitrogens with one attached hydrogen (secondary N) is 1. The standard InChI is InChI=1S/C17H26N2OS.ClH/c1-19(17(20)13-16-14-21-12-10-18-16)11-6-5-9-15-7-3-2-4-8-15;/h2-4,7-8,16,18H,5-6,9-14H2,1H3;1H. The largest absolute Gasteiger partial charge is 0.346 e. The predicted octanol–water partition coefficient (Wildman–Crippen LogP) is 2.98. The summed E-state index contributed by atoms with van der Waals surface area (Å²) < 4.78 is 0. The highest BCUT2D eigenvalue weighted by molar-refractivity contribution is 7.99. The molecule has 5 heteroatoms. The Morgan fingerprint density at radius 3 is 2.77 bits per heavy atom. The number of thioether (sulfide) groups is 1.